The smallest absolute Gasteiger partial charge is 0.246 e. The first kappa shape index (κ1) is 9.71. The van der Waals surface area contributed by atoms with E-state index in [9.17, 15) is 9.59 Å². The van der Waals surface area contributed by atoms with Crippen molar-refractivity contribution in [1.82, 2.24) is 10.2 Å². The first-order valence-electron chi connectivity index (χ1n) is 4.90. The Bertz CT molecular complexity index is 405. The zero-order valence-corrected chi connectivity index (χ0v) is 8.49. The fourth-order valence-electron chi connectivity index (χ4n) is 1.70. The van der Waals surface area contributed by atoms with Gasteiger partial charge >= 0.3 is 0 Å². The third kappa shape index (κ3) is 1.70. The third-order valence-electron chi connectivity index (χ3n) is 2.42. The molecule has 1 amide bonds. The van der Waals surface area contributed by atoms with Crippen LogP contribution in [0.3, 0.4) is 0 Å². The fraction of sp³-hybridized carbons (Fsp3) is 0.273. The second kappa shape index (κ2) is 3.73. The zero-order valence-electron chi connectivity index (χ0n) is 8.49. The van der Waals surface area contributed by atoms with Crippen LogP contribution in [-0.2, 0) is 9.59 Å². The molecule has 1 aliphatic carbocycles. The average molecular weight is 204 g/mol. The summed E-state index contributed by atoms with van der Waals surface area (Å²) in [5.41, 5.74) is 1.57. The van der Waals surface area contributed by atoms with Crippen molar-refractivity contribution in [2.75, 3.05) is 13.1 Å². The Balaban J connectivity index is 2.43. The van der Waals surface area contributed by atoms with Crippen molar-refractivity contribution in [3.8, 4) is 0 Å². The van der Waals surface area contributed by atoms with E-state index in [0.717, 1.165) is 5.57 Å². The number of allylic oxidation sites excluding steroid dienone is 3. The van der Waals surface area contributed by atoms with E-state index in [0.29, 0.717) is 12.2 Å². The van der Waals surface area contributed by atoms with Gasteiger partial charge < -0.3 is 10.2 Å². The topological polar surface area (TPSA) is 49.4 Å². The summed E-state index contributed by atoms with van der Waals surface area (Å²) in [5, 5.41) is 2.92. The molecule has 1 aliphatic heterocycles. The van der Waals surface area contributed by atoms with E-state index >= 15 is 0 Å². The Kier molecular flexibility index (Phi) is 2.41. The Morgan fingerprint density at radius 3 is 2.93 bits per heavy atom. The number of nitrogens with one attached hydrogen (secondary N) is 1. The van der Waals surface area contributed by atoms with E-state index in [1.807, 2.05) is 6.92 Å². The molecule has 0 atom stereocenters. The van der Waals surface area contributed by atoms with Crippen molar-refractivity contribution in [3.63, 3.8) is 0 Å². The van der Waals surface area contributed by atoms with Gasteiger partial charge in [0.1, 0.15) is 0 Å². The van der Waals surface area contributed by atoms with Crippen LogP contribution in [0.1, 0.15) is 6.92 Å². The van der Waals surface area contributed by atoms with Gasteiger partial charge in [-0.3, -0.25) is 9.59 Å². The number of likely N-dealkylation sites (N-methyl/N-ethyl adjacent to an activating group) is 1. The Labute approximate surface area is 87.9 Å². The first-order chi connectivity index (χ1) is 7.22. The molecule has 0 unspecified atom stereocenters. The molecule has 2 rings (SSSR count). The Hall–Kier alpha value is -1.84. The molecule has 0 bridgehead atoms. The van der Waals surface area contributed by atoms with Gasteiger partial charge in [0.25, 0.3) is 0 Å². The summed E-state index contributed by atoms with van der Waals surface area (Å²) in [6.45, 7) is 2.74. The number of hydrogen-bond donors (Lipinski definition) is 1. The van der Waals surface area contributed by atoms with Crippen LogP contribution >= 0.6 is 0 Å². The summed E-state index contributed by atoms with van der Waals surface area (Å²) in [5.74, 6) is -0.0894. The second-order valence-corrected chi connectivity index (χ2v) is 3.38. The zero-order chi connectivity index (χ0) is 10.8. The van der Waals surface area contributed by atoms with Crippen molar-refractivity contribution < 1.29 is 9.59 Å². The molecule has 1 heterocycles. The standard InChI is InChI=1S/C11H12N2O2/c1-2-13-10-5-9(14)4-3-8(10)6-12-7-11(13)15/h3-6,12H,2,7H2,1H3. The number of hydrogen-bond acceptors (Lipinski definition) is 3. The summed E-state index contributed by atoms with van der Waals surface area (Å²) >= 11 is 0. The van der Waals surface area contributed by atoms with Gasteiger partial charge in [0.15, 0.2) is 5.78 Å². The molecule has 15 heavy (non-hydrogen) atoms. The minimum Gasteiger partial charge on any atom is -0.382 e. The number of carbonyl (C=O) groups is 2. The largest absolute Gasteiger partial charge is 0.382 e. The Morgan fingerprint density at radius 2 is 2.20 bits per heavy atom. The molecule has 0 fully saturated rings. The van der Waals surface area contributed by atoms with Crippen LogP contribution in [0.25, 0.3) is 0 Å². The molecule has 78 valence electrons. The lowest BCUT2D eigenvalue weighted by Crippen LogP contribution is -2.34. The van der Waals surface area contributed by atoms with Crippen molar-refractivity contribution >= 4 is 11.7 Å². The maximum absolute atomic E-state index is 11.7. The van der Waals surface area contributed by atoms with E-state index in [1.165, 1.54) is 12.2 Å². The Morgan fingerprint density at radius 1 is 1.40 bits per heavy atom. The highest BCUT2D eigenvalue weighted by Gasteiger charge is 2.23. The second-order valence-electron chi connectivity index (χ2n) is 3.38. The van der Waals surface area contributed by atoms with Gasteiger partial charge in [-0.25, -0.2) is 0 Å². The third-order valence-corrected chi connectivity index (χ3v) is 2.42. The predicted molar refractivity (Wildman–Crippen MR) is 55.7 cm³/mol. The molecule has 0 radical (unpaired) electrons. The van der Waals surface area contributed by atoms with Gasteiger partial charge in [0.2, 0.25) is 5.91 Å². The summed E-state index contributed by atoms with van der Waals surface area (Å²) in [4.78, 5) is 24.5. The molecular weight excluding hydrogens is 192 g/mol. The van der Waals surface area contributed by atoms with Gasteiger partial charge in [0.05, 0.1) is 12.2 Å². The quantitative estimate of drug-likeness (QED) is 0.670. The maximum Gasteiger partial charge on any atom is 0.246 e. The highest BCUT2D eigenvalue weighted by molar-refractivity contribution is 6.03. The van der Waals surface area contributed by atoms with Crippen LogP contribution in [0.4, 0.5) is 0 Å². The van der Waals surface area contributed by atoms with Gasteiger partial charge in [-0.1, -0.05) is 0 Å². The SMILES string of the molecule is CCN1C(=O)CNC=C2C=CC(=O)C=C21. The molecule has 0 aromatic carbocycles. The molecule has 2 aliphatic rings. The number of nitrogens with zero attached hydrogens (tertiary/aromatic N) is 1. The van der Waals surface area contributed by atoms with Gasteiger partial charge in [0, 0.05) is 24.4 Å². The minimum atomic E-state index is -0.0738. The number of carbonyl (C=O) groups excluding carboxylic acids is 2. The van der Waals surface area contributed by atoms with Gasteiger partial charge in [-0.15, -0.1) is 0 Å². The highest BCUT2D eigenvalue weighted by Crippen LogP contribution is 2.21. The van der Waals surface area contributed by atoms with E-state index < -0.39 is 0 Å². The lowest BCUT2D eigenvalue weighted by atomic mass is 10.0. The van der Waals surface area contributed by atoms with Crippen LogP contribution in [-0.4, -0.2) is 29.7 Å². The molecule has 0 aromatic rings. The normalized spacial score (nSPS) is 20.2. The lowest BCUT2D eigenvalue weighted by molar-refractivity contribution is -0.127. The number of ketones is 1. The molecule has 1 N–H and O–H groups in total. The fourth-order valence-corrected chi connectivity index (χ4v) is 1.70. The molecule has 0 aromatic heterocycles. The summed E-state index contributed by atoms with van der Waals surface area (Å²) in [7, 11) is 0. The molecule has 0 saturated heterocycles. The number of fused-ring (bicyclic) bond motifs is 1. The average Bonchev–Trinajstić information content (AvgIpc) is 2.36. The van der Waals surface area contributed by atoms with Crippen molar-refractivity contribution in [3.05, 3.63) is 35.7 Å². The van der Waals surface area contributed by atoms with Crippen molar-refractivity contribution in [2.24, 2.45) is 0 Å². The molecule has 4 nitrogen and oxygen atoms in total. The molecule has 0 spiro atoms. The van der Waals surface area contributed by atoms with Crippen LogP contribution in [0.15, 0.2) is 35.7 Å². The van der Waals surface area contributed by atoms with Crippen LogP contribution in [0.2, 0.25) is 0 Å². The van der Waals surface area contributed by atoms with E-state index in [2.05, 4.69) is 5.32 Å². The van der Waals surface area contributed by atoms with Crippen molar-refractivity contribution in [1.29, 1.82) is 0 Å². The summed E-state index contributed by atoms with van der Waals surface area (Å²) < 4.78 is 0. The summed E-state index contributed by atoms with van der Waals surface area (Å²) in [6.07, 6.45) is 6.50. The van der Waals surface area contributed by atoms with Crippen LogP contribution < -0.4 is 5.32 Å². The number of rotatable bonds is 1. The molecule has 4 heteroatoms. The molecular formula is C11H12N2O2. The maximum atomic E-state index is 11.7. The van der Waals surface area contributed by atoms with Crippen LogP contribution in [0.5, 0.6) is 0 Å². The monoisotopic (exact) mass is 204 g/mol. The minimum absolute atomic E-state index is 0.0156. The lowest BCUT2D eigenvalue weighted by Gasteiger charge is -2.23. The van der Waals surface area contributed by atoms with E-state index in [-0.39, 0.29) is 18.2 Å². The van der Waals surface area contributed by atoms with Gasteiger partial charge in [-0.2, -0.15) is 0 Å². The van der Waals surface area contributed by atoms with Crippen LogP contribution in [0, 0.1) is 0 Å². The summed E-state index contributed by atoms with van der Waals surface area (Å²) in [6, 6.07) is 0. The van der Waals surface area contributed by atoms with Gasteiger partial charge in [-0.05, 0) is 19.1 Å². The number of amides is 1. The first-order valence-corrected chi connectivity index (χ1v) is 4.90. The van der Waals surface area contributed by atoms with E-state index in [4.69, 9.17) is 0 Å². The molecule has 0 saturated carbocycles. The predicted octanol–water partition coefficient (Wildman–Crippen LogP) is 0.345. The highest BCUT2D eigenvalue weighted by atomic mass is 16.2. The van der Waals surface area contributed by atoms with E-state index in [1.54, 1.807) is 17.2 Å². The van der Waals surface area contributed by atoms with Crippen molar-refractivity contribution in [2.45, 2.75) is 6.92 Å².